The summed E-state index contributed by atoms with van der Waals surface area (Å²) in [6, 6.07) is 8.12. The Morgan fingerprint density at radius 1 is 1.27 bits per heavy atom. The third-order valence-electron chi connectivity index (χ3n) is 2.26. The SMILES string of the molecule is CNc1ccc(-n2cc(Br)c(C)n2)cc1. The summed E-state index contributed by atoms with van der Waals surface area (Å²) in [7, 11) is 1.91. The van der Waals surface area contributed by atoms with Crippen LogP contribution in [-0.4, -0.2) is 16.8 Å². The summed E-state index contributed by atoms with van der Waals surface area (Å²) in [5.41, 5.74) is 3.15. The predicted octanol–water partition coefficient (Wildman–Crippen LogP) is 2.98. The number of aromatic nitrogens is 2. The molecule has 0 aliphatic rings. The van der Waals surface area contributed by atoms with Crippen molar-refractivity contribution in [2.24, 2.45) is 0 Å². The van der Waals surface area contributed by atoms with E-state index in [1.165, 1.54) is 0 Å². The van der Waals surface area contributed by atoms with Gasteiger partial charge in [0, 0.05) is 18.9 Å². The minimum atomic E-state index is 0.993. The Hall–Kier alpha value is -1.29. The van der Waals surface area contributed by atoms with Crippen LogP contribution >= 0.6 is 15.9 Å². The van der Waals surface area contributed by atoms with Gasteiger partial charge in [0.1, 0.15) is 0 Å². The molecular formula is C11H12BrN3. The minimum Gasteiger partial charge on any atom is -0.388 e. The highest BCUT2D eigenvalue weighted by atomic mass is 79.9. The van der Waals surface area contributed by atoms with Gasteiger partial charge in [-0.3, -0.25) is 0 Å². The topological polar surface area (TPSA) is 29.9 Å². The van der Waals surface area contributed by atoms with E-state index >= 15 is 0 Å². The van der Waals surface area contributed by atoms with E-state index in [0.717, 1.165) is 21.5 Å². The molecule has 0 atom stereocenters. The zero-order valence-electron chi connectivity index (χ0n) is 8.66. The number of nitrogens with one attached hydrogen (secondary N) is 1. The van der Waals surface area contributed by atoms with Crippen molar-refractivity contribution in [2.75, 3.05) is 12.4 Å². The molecule has 0 bridgehead atoms. The standard InChI is InChI=1S/C11H12BrN3/c1-8-11(12)7-15(14-8)10-5-3-9(13-2)4-6-10/h3-7,13H,1-2H3. The lowest BCUT2D eigenvalue weighted by molar-refractivity contribution is 0.863. The van der Waals surface area contributed by atoms with Crippen molar-refractivity contribution in [1.82, 2.24) is 9.78 Å². The van der Waals surface area contributed by atoms with E-state index in [1.54, 1.807) is 0 Å². The molecule has 0 aliphatic carbocycles. The lowest BCUT2D eigenvalue weighted by atomic mass is 10.3. The van der Waals surface area contributed by atoms with Crippen LogP contribution in [0, 0.1) is 6.92 Å². The van der Waals surface area contributed by atoms with Gasteiger partial charge in [0.2, 0.25) is 0 Å². The van der Waals surface area contributed by atoms with Crippen LogP contribution < -0.4 is 5.32 Å². The van der Waals surface area contributed by atoms with Gasteiger partial charge in [-0.25, -0.2) is 4.68 Å². The summed E-state index contributed by atoms with van der Waals surface area (Å²) < 4.78 is 2.89. The Morgan fingerprint density at radius 2 is 1.93 bits per heavy atom. The van der Waals surface area contributed by atoms with Gasteiger partial charge in [-0.05, 0) is 47.1 Å². The number of anilines is 1. The molecule has 78 valence electrons. The highest BCUT2D eigenvalue weighted by molar-refractivity contribution is 9.10. The van der Waals surface area contributed by atoms with Gasteiger partial charge in [0.05, 0.1) is 15.9 Å². The van der Waals surface area contributed by atoms with Gasteiger partial charge in [-0.15, -0.1) is 0 Å². The lowest BCUT2D eigenvalue weighted by Crippen LogP contribution is -1.95. The molecule has 2 rings (SSSR count). The molecule has 1 heterocycles. The molecule has 0 saturated carbocycles. The summed E-state index contributed by atoms with van der Waals surface area (Å²) >= 11 is 3.45. The van der Waals surface area contributed by atoms with Crippen molar-refractivity contribution in [3.05, 3.63) is 40.6 Å². The van der Waals surface area contributed by atoms with Gasteiger partial charge in [-0.1, -0.05) is 0 Å². The van der Waals surface area contributed by atoms with Crippen LogP contribution in [0.5, 0.6) is 0 Å². The predicted molar refractivity (Wildman–Crippen MR) is 65.5 cm³/mol. The first-order chi connectivity index (χ1) is 7.20. The van der Waals surface area contributed by atoms with Crippen LogP contribution in [0.2, 0.25) is 0 Å². The molecule has 0 saturated heterocycles. The summed E-state index contributed by atoms with van der Waals surface area (Å²) in [6.07, 6.45) is 1.96. The van der Waals surface area contributed by atoms with E-state index in [1.807, 2.05) is 49.1 Å². The van der Waals surface area contributed by atoms with Crippen molar-refractivity contribution in [3.63, 3.8) is 0 Å². The minimum absolute atomic E-state index is 0.993. The lowest BCUT2D eigenvalue weighted by Gasteiger charge is -2.03. The van der Waals surface area contributed by atoms with E-state index in [4.69, 9.17) is 0 Å². The number of aryl methyl sites for hydroxylation is 1. The molecule has 0 spiro atoms. The van der Waals surface area contributed by atoms with Crippen LogP contribution in [-0.2, 0) is 0 Å². The molecule has 0 unspecified atom stereocenters. The zero-order valence-corrected chi connectivity index (χ0v) is 10.2. The normalized spacial score (nSPS) is 10.3. The number of nitrogens with zero attached hydrogens (tertiary/aromatic N) is 2. The van der Waals surface area contributed by atoms with Gasteiger partial charge in [0.25, 0.3) is 0 Å². The molecule has 0 amide bonds. The zero-order chi connectivity index (χ0) is 10.8. The second-order valence-electron chi connectivity index (χ2n) is 3.30. The second-order valence-corrected chi connectivity index (χ2v) is 4.16. The molecule has 2 aromatic rings. The molecule has 4 heteroatoms. The molecule has 0 radical (unpaired) electrons. The quantitative estimate of drug-likeness (QED) is 0.905. The van der Waals surface area contributed by atoms with E-state index in [2.05, 4.69) is 26.3 Å². The molecule has 1 aromatic heterocycles. The summed E-state index contributed by atoms with van der Waals surface area (Å²) in [6.45, 7) is 1.97. The molecule has 1 N–H and O–H groups in total. The van der Waals surface area contributed by atoms with Crippen molar-refractivity contribution in [1.29, 1.82) is 0 Å². The third kappa shape index (κ3) is 2.04. The van der Waals surface area contributed by atoms with Crippen molar-refractivity contribution in [3.8, 4) is 5.69 Å². The van der Waals surface area contributed by atoms with E-state index in [0.29, 0.717) is 0 Å². The smallest absolute Gasteiger partial charge is 0.0740 e. The highest BCUT2D eigenvalue weighted by Gasteiger charge is 2.02. The second kappa shape index (κ2) is 4.06. The number of hydrogen-bond acceptors (Lipinski definition) is 2. The Kier molecular flexibility index (Phi) is 2.77. The molecular weight excluding hydrogens is 254 g/mol. The average Bonchev–Trinajstić information content (AvgIpc) is 2.59. The van der Waals surface area contributed by atoms with E-state index in [9.17, 15) is 0 Å². The Balaban J connectivity index is 2.37. The Bertz CT molecular complexity index is 440. The molecule has 0 fully saturated rings. The maximum atomic E-state index is 4.39. The van der Waals surface area contributed by atoms with Gasteiger partial charge >= 0.3 is 0 Å². The first kappa shape index (κ1) is 10.2. The fraction of sp³-hybridized carbons (Fsp3) is 0.182. The van der Waals surface area contributed by atoms with Crippen LogP contribution in [0.4, 0.5) is 5.69 Å². The number of halogens is 1. The van der Waals surface area contributed by atoms with Crippen molar-refractivity contribution < 1.29 is 0 Å². The fourth-order valence-corrected chi connectivity index (χ4v) is 1.63. The van der Waals surface area contributed by atoms with Gasteiger partial charge in [0.15, 0.2) is 0 Å². The molecule has 3 nitrogen and oxygen atoms in total. The first-order valence-electron chi connectivity index (χ1n) is 4.70. The highest BCUT2D eigenvalue weighted by Crippen LogP contribution is 2.18. The maximum absolute atomic E-state index is 4.39. The summed E-state index contributed by atoms with van der Waals surface area (Å²) in [5.74, 6) is 0. The largest absolute Gasteiger partial charge is 0.388 e. The maximum Gasteiger partial charge on any atom is 0.0740 e. The van der Waals surface area contributed by atoms with Gasteiger partial charge in [-0.2, -0.15) is 5.10 Å². The van der Waals surface area contributed by atoms with E-state index in [-0.39, 0.29) is 0 Å². The number of benzene rings is 1. The van der Waals surface area contributed by atoms with Crippen LogP contribution in [0.1, 0.15) is 5.69 Å². The Morgan fingerprint density at radius 3 is 2.40 bits per heavy atom. The van der Waals surface area contributed by atoms with Crippen LogP contribution in [0.25, 0.3) is 5.69 Å². The third-order valence-corrected chi connectivity index (χ3v) is 3.04. The first-order valence-corrected chi connectivity index (χ1v) is 5.50. The summed E-state index contributed by atoms with van der Waals surface area (Å²) in [4.78, 5) is 0. The summed E-state index contributed by atoms with van der Waals surface area (Å²) in [5, 5.41) is 7.47. The van der Waals surface area contributed by atoms with E-state index < -0.39 is 0 Å². The van der Waals surface area contributed by atoms with Crippen molar-refractivity contribution in [2.45, 2.75) is 6.92 Å². The fourth-order valence-electron chi connectivity index (χ4n) is 1.35. The Labute approximate surface area is 97.2 Å². The van der Waals surface area contributed by atoms with Crippen LogP contribution in [0.3, 0.4) is 0 Å². The monoisotopic (exact) mass is 265 g/mol. The van der Waals surface area contributed by atoms with Gasteiger partial charge < -0.3 is 5.32 Å². The molecule has 0 aliphatic heterocycles. The number of hydrogen-bond donors (Lipinski definition) is 1. The molecule has 15 heavy (non-hydrogen) atoms. The van der Waals surface area contributed by atoms with Crippen molar-refractivity contribution >= 4 is 21.6 Å². The molecule has 1 aromatic carbocycles. The average molecular weight is 266 g/mol. The number of rotatable bonds is 2. The van der Waals surface area contributed by atoms with Crippen LogP contribution in [0.15, 0.2) is 34.9 Å².